The molecule has 100 valence electrons. The van der Waals surface area contributed by atoms with Gasteiger partial charge in [-0.15, -0.1) is 0 Å². The molecule has 0 saturated heterocycles. The predicted octanol–water partition coefficient (Wildman–Crippen LogP) is 2.85. The molecule has 1 aromatic carbocycles. The van der Waals surface area contributed by atoms with Crippen LogP contribution in [-0.2, 0) is 4.79 Å². The van der Waals surface area contributed by atoms with Crippen molar-refractivity contribution in [2.75, 3.05) is 11.9 Å². The first kappa shape index (κ1) is 14.6. The summed E-state index contributed by atoms with van der Waals surface area (Å²) in [5, 5.41) is 5.92. The van der Waals surface area contributed by atoms with Crippen LogP contribution in [0.15, 0.2) is 18.2 Å². The van der Waals surface area contributed by atoms with E-state index in [9.17, 15) is 9.18 Å². The first-order valence-corrected chi connectivity index (χ1v) is 6.08. The van der Waals surface area contributed by atoms with Gasteiger partial charge in [0.15, 0.2) is 0 Å². The minimum absolute atomic E-state index is 0.00424. The zero-order valence-electron chi connectivity index (χ0n) is 11.4. The number of aryl methyl sites for hydroxylation is 1. The SMILES string of the molecule is Cc1cc(F)cc(NC(=O)CCNC(C)(C)C)c1. The summed E-state index contributed by atoms with van der Waals surface area (Å²) in [5.74, 6) is -0.449. The molecule has 1 aromatic rings. The minimum atomic E-state index is -0.335. The average molecular weight is 252 g/mol. The predicted molar refractivity (Wildman–Crippen MR) is 72.1 cm³/mol. The van der Waals surface area contributed by atoms with Crippen LogP contribution < -0.4 is 10.6 Å². The summed E-state index contributed by atoms with van der Waals surface area (Å²) in [7, 11) is 0. The Morgan fingerprint density at radius 1 is 1.28 bits per heavy atom. The van der Waals surface area contributed by atoms with Crippen molar-refractivity contribution in [1.82, 2.24) is 5.32 Å². The summed E-state index contributed by atoms with van der Waals surface area (Å²) in [4.78, 5) is 11.6. The number of benzene rings is 1. The van der Waals surface area contributed by atoms with Crippen molar-refractivity contribution in [3.05, 3.63) is 29.6 Å². The normalized spacial score (nSPS) is 11.4. The van der Waals surface area contributed by atoms with Crippen LogP contribution >= 0.6 is 0 Å². The van der Waals surface area contributed by atoms with Crippen LogP contribution in [0.5, 0.6) is 0 Å². The Hall–Kier alpha value is -1.42. The number of halogens is 1. The van der Waals surface area contributed by atoms with Gasteiger partial charge in [0.2, 0.25) is 5.91 Å². The van der Waals surface area contributed by atoms with E-state index in [4.69, 9.17) is 0 Å². The van der Waals surface area contributed by atoms with E-state index in [0.717, 1.165) is 5.56 Å². The van der Waals surface area contributed by atoms with Crippen molar-refractivity contribution in [1.29, 1.82) is 0 Å². The number of hydrogen-bond acceptors (Lipinski definition) is 2. The van der Waals surface area contributed by atoms with Crippen LogP contribution in [0.2, 0.25) is 0 Å². The van der Waals surface area contributed by atoms with Crippen LogP contribution in [-0.4, -0.2) is 18.0 Å². The van der Waals surface area contributed by atoms with Crippen molar-refractivity contribution in [2.24, 2.45) is 0 Å². The fraction of sp³-hybridized carbons (Fsp3) is 0.500. The van der Waals surface area contributed by atoms with Crippen molar-refractivity contribution < 1.29 is 9.18 Å². The van der Waals surface area contributed by atoms with Crippen molar-refractivity contribution in [3.8, 4) is 0 Å². The molecular weight excluding hydrogens is 231 g/mol. The fourth-order valence-corrected chi connectivity index (χ4v) is 1.58. The highest BCUT2D eigenvalue weighted by molar-refractivity contribution is 5.90. The van der Waals surface area contributed by atoms with Gasteiger partial charge in [0.25, 0.3) is 0 Å². The lowest BCUT2D eigenvalue weighted by Gasteiger charge is -2.20. The van der Waals surface area contributed by atoms with E-state index in [0.29, 0.717) is 18.7 Å². The maximum atomic E-state index is 13.1. The molecule has 4 heteroatoms. The van der Waals surface area contributed by atoms with Gasteiger partial charge < -0.3 is 10.6 Å². The van der Waals surface area contributed by atoms with Crippen molar-refractivity contribution in [2.45, 2.75) is 39.7 Å². The number of carbonyl (C=O) groups excluding carboxylic acids is 1. The Morgan fingerprint density at radius 3 is 2.50 bits per heavy atom. The third-order valence-corrected chi connectivity index (χ3v) is 2.33. The zero-order chi connectivity index (χ0) is 13.8. The summed E-state index contributed by atoms with van der Waals surface area (Å²) >= 11 is 0. The number of amides is 1. The molecule has 3 nitrogen and oxygen atoms in total. The van der Waals surface area contributed by atoms with E-state index in [1.807, 2.05) is 20.8 Å². The molecule has 0 aliphatic heterocycles. The van der Waals surface area contributed by atoms with Gasteiger partial charge >= 0.3 is 0 Å². The summed E-state index contributed by atoms with van der Waals surface area (Å²) in [6.07, 6.45) is 0.368. The maximum Gasteiger partial charge on any atom is 0.225 e. The van der Waals surface area contributed by atoms with E-state index in [2.05, 4.69) is 10.6 Å². The standard InChI is InChI=1S/C14H21FN2O/c1-10-7-11(15)9-12(8-10)17-13(18)5-6-16-14(2,3)4/h7-9,16H,5-6H2,1-4H3,(H,17,18). The Kier molecular flexibility index (Phi) is 4.84. The van der Waals surface area contributed by atoms with Crippen LogP contribution in [0.3, 0.4) is 0 Å². The second kappa shape index (κ2) is 5.96. The topological polar surface area (TPSA) is 41.1 Å². The summed E-state index contributed by atoms with van der Waals surface area (Å²) in [6, 6.07) is 4.50. The van der Waals surface area contributed by atoms with Gasteiger partial charge in [-0.05, 0) is 51.5 Å². The van der Waals surface area contributed by atoms with Crippen molar-refractivity contribution >= 4 is 11.6 Å². The molecule has 1 amide bonds. The van der Waals surface area contributed by atoms with E-state index in [1.165, 1.54) is 12.1 Å². The number of carbonyl (C=O) groups is 1. The molecule has 18 heavy (non-hydrogen) atoms. The Bertz CT molecular complexity index is 404. The Balaban J connectivity index is 2.45. The van der Waals surface area contributed by atoms with E-state index < -0.39 is 0 Å². The lowest BCUT2D eigenvalue weighted by Crippen LogP contribution is -2.37. The summed E-state index contributed by atoms with van der Waals surface area (Å²) < 4.78 is 13.1. The first-order valence-electron chi connectivity index (χ1n) is 6.08. The highest BCUT2D eigenvalue weighted by Gasteiger charge is 2.10. The van der Waals surface area contributed by atoms with E-state index >= 15 is 0 Å². The zero-order valence-corrected chi connectivity index (χ0v) is 11.4. The Morgan fingerprint density at radius 2 is 1.94 bits per heavy atom. The van der Waals surface area contributed by atoms with Gasteiger partial charge in [-0.2, -0.15) is 0 Å². The average Bonchev–Trinajstić information content (AvgIpc) is 2.12. The molecule has 2 N–H and O–H groups in total. The molecule has 0 heterocycles. The van der Waals surface area contributed by atoms with Crippen LogP contribution in [0, 0.1) is 12.7 Å². The van der Waals surface area contributed by atoms with E-state index in [-0.39, 0.29) is 17.3 Å². The monoisotopic (exact) mass is 252 g/mol. The molecule has 0 radical (unpaired) electrons. The third-order valence-electron chi connectivity index (χ3n) is 2.33. The first-order chi connectivity index (χ1) is 8.26. The van der Waals surface area contributed by atoms with Gasteiger partial charge in [-0.3, -0.25) is 4.79 Å². The number of anilines is 1. The van der Waals surface area contributed by atoms with Gasteiger partial charge in [0.1, 0.15) is 5.82 Å². The highest BCUT2D eigenvalue weighted by Crippen LogP contribution is 2.13. The molecule has 1 rings (SSSR count). The maximum absolute atomic E-state index is 13.1. The van der Waals surface area contributed by atoms with Crippen LogP contribution in [0.25, 0.3) is 0 Å². The Labute approximate surface area is 108 Å². The van der Waals surface area contributed by atoms with Gasteiger partial charge in [-0.25, -0.2) is 4.39 Å². The quantitative estimate of drug-likeness (QED) is 0.865. The second-order valence-electron chi connectivity index (χ2n) is 5.49. The largest absolute Gasteiger partial charge is 0.326 e. The van der Waals surface area contributed by atoms with Gasteiger partial charge in [0.05, 0.1) is 0 Å². The molecule has 0 unspecified atom stereocenters. The van der Waals surface area contributed by atoms with Crippen LogP contribution in [0.1, 0.15) is 32.8 Å². The molecule has 0 fully saturated rings. The van der Waals surface area contributed by atoms with Crippen LogP contribution in [0.4, 0.5) is 10.1 Å². The highest BCUT2D eigenvalue weighted by atomic mass is 19.1. The fourth-order valence-electron chi connectivity index (χ4n) is 1.58. The molecule has 0 saturated carbocycles. The molecule has 0 spiro atoms. The minimum Gasteiger partial charge on any atom is -0.326 e. The van der Waals surface area contributed by atoms with Crippen molar-refractivity contribution in [3.63, 3.8) is 0 Å². The van der Waals surface area contributed by atoms with E-state index in [1.54, 1.807) is 13.0 Å². The molecule has 0 aliphatic rings. The third kappa shape index (κ3) is 5.77. The molecule has 0 atom stereocenters. The summed E-state index contributed by atoms with van der Waals surface area (Å²) in [6.45, 7) is 8.52. The molecule has 0 bridgehead atoms. The van der Waals surface area contributed by atoms with Gasteiger partial charge in [0, 0.05) is 24.2 Å². The molecule has 0 aliphatic carbocycles. The second-order valence-corrected chi connectivity index (χ2v) is 5.49. The smallest absolute Gasteiger partial charge is 0.225 e. The number of nitrogens with one attached hydrogen (secondary N) is 2. The molecular formula is C14H21FN2O. The lowest BCUT2D eigenvalue weighted by atomic mass is 10.1. The number of hydrogen-bond donors (Lipinski definition) is 2. The summed E-state index contributed by atoms with van der Waals surface area (Å²) in [5.41, 5.74) is 1.29. The number of rotatable bonds is 4. The lowest BCUT2D eigenvalue weighted by molar-refractivity contribution is -0.116. The van der Waals surface area contributed by atoms with Gasteiger partial charge in [-0.1, -0.05) is 0 Å². The molecule has 0 aromatic heterocycles.